The maximum Gasteiger partial charge on any atom is 0.176 e. The fourth-order valence-electron chi connectivity index (χ4n) is 1.80. The molecule has 0 fully saturated rings. The smallest absolute Gasteiger partial charge is 0.176 e. The molecule has 18 heavy (non-hydrogen) atoms. The van der Waals surface area contributed by atoms with E-state index >= 15 is 0 Å². The highest BCUT2D eigenvalue weighted by atomic mass is 16.1. The van der Waals surface area contributed by atoms with Crippen molar-refractivity contribution in [3.63, 3.8) is 0 Å². The van der Waals surface area contributed by atoms with Crippen LogP contribution in [0.2, 0.25) is 0 Å². The predicted molar refractivity (Wildman–Crippen MR) is 76.8 cm³/mol. The molecule has 0 aliphatic carbocycles. The van der Waals surface area contributed by atoms with Gasteiger partial charge in [-0.15, -0.1) is 13.2 Å². The van der Waals surface area contributed by atoms with Crippen molar-refractivity contribution in [2.75, 3.05) is 19.6 Å². The monoisotopic (exact) mass is 243 g/mol. The third kappa shape index (κ3) is 5.11. The van der Waals surface area contributed by atoms with Crippen LogP contribution in [0.25, 0.3) is 0 Å². The molecule has 0 bridgehead atoms. The number of hydrogen-bond acceptors (Lipinski definition) is 2. The fraction of sp³-hybridized carbons (Fsp3) is 0.312. The first-order valence-electron chi connectivity index (χ1n) is 6.30. The van der Waals surface area contributed by atoms with Gasteiger partial charge in [-0.3, -0.25) is 9.69 Å². The number of carbonyl (C=O) groups excluding carboxylic acids is 1. The minimum Gasteiger partial charge on any atom is -0.293 e. The highest BCUT2D eigenvalue weighted by Gasteiger charge is 2.10. The quantitative estimate of drug-likeness (QED) is 0.377. The summed E-state index contributed by atoms with van der Waals surface area (Å²) >= 11 is 0. The van der Waals surface area contributed by atoms with Crippen LogP contribution in [0, 0.1) is 0 Å². The molecular formula is C16H21NO. The van der Waals surface area contributed by atoms with Gasteiger partial charge < -0.3 is 0 Å². The minimum atomic E-state index is 0.163. The molecule has 0 aliphatic heterocycles. The molecule has 0 N–H and O–H groups in total. The van der Waals surface area contributed by atoms with Gasteiger partial charge in [0, 0.05) is 12.1 Å². The van der Waals surface area contributed by atoms with E-state index < -0.39 is 0 Å². The lowest BCUT2D eigenvalue weighted by molar-refractivity contribution is 0.0937. The number of benzene rings is 1. The van der Waals surface area contributed by atoms with E-state index in [2.05, 4.69) is 18.1 Å². The molecule has 2 nitrogen and oxygen atoms in total. The Labute approximate surface area is 110 Å². The Bertz CT molecular complexity index is 383. The Hall–Kier alpha value is -1.67. The van der Waals surface area contributed by atoms with Crippen LogP contribution in [-0.2, 0) is 0 Å². The second-order valence-electron chi connectivity index (χ2n) is 4.24. The lowest BCUT2D eigenvalue weighted by Crippen LogP contribution is -2.31. The van der Waals surface area contributed by atoms with Crippen LogP contribution < -0.4 is 0 Å². The van der Waals surface area contributed by atoms with Crippen LogP contribution >= 0.6 is 0 Å². The topological polar surface area (TPSA) is 20.3 Å². The van der Waals surface area contributed by atoms with E-state index in [0.717, 1.165) is 31.5 Å². The van der Waals surface area contributed by atoms with Crippen LogP contribution in [0.15, 0.2) is 55.6 Å². The lowest BCUT2D eigenvalue weighted by atomic mass is 10.1. The van der Waals surface area contributed by atoms with E-state index in [1.807, 2.05) is 42.5 Å². The molecule has 0 amide bonds. The number of rotatable bonds is 9. The first-order chi connectivity index (χ1) is 8.77. The second-order valence-corrected chi connectivity index (χ2v) is 4.24. The van der Waals surface area contributed by atoms with Gasteiger partial charge in [-0.1, -0.05) is 42.5 Å². The highest BCUT2D eigenvalue weighted by molar-refractivity contribution is 5.97. The summed E-state index contributed by atoms with van der Waals surface area (Å²) in [5.41, 5.74) is 0.773. The first-order valence-corrected chi connectivity index (χ1v) is 6.30. The van der Waals surface area contributed by atoms with Crippen LogP contribution in [0.3, 0.4) is 0 Å². The van der Waals surface area contributed by atoms with Crippen LogP contribution in [0.5, 0.6) is 0 Å². The van der Waals surface area contributed by atoms with Crippen molar-refractivity contribution in [1.82, 2.24) is 4.90 Å². The maximum absolute atomic E-state index is 12.1. The third-order valence-corrected chi connectivity index (χ3v) is 2.73. The van der Waals surface area contributed by atoms with Crippen molar-refractivity contribution in [3.8, 4) is 0 Å². The molecule has 0 aliphatic rings. The number of unbranched alkanes of at least 4 members (excludes halogenated alkanes) is 1. The normalized spacial score (nSPS) is 10.3. The summed E-state index contributed by atoms with van der Waals surface area (Å²) in [7, 11) is 0. The number of Topliss-reactive ketones (excluding diaryl/α,β-unsaturated/α-hetero) is 1. The molecule has 0 atom stereocenters. The Kier molecular flexibility index (Phi) is 6.74. The van der Waals surface area contributed by atoms with Gasteiger partial charge >= 0.3 is 0 Å². The maximum atomic E-state index is 12.1. The van der Waals surface area contributed by atoms with Crippen LogP contribution in [0.4, 0.5) is 0 Å². The SMILES string of the molecule is C=CCCCN(CC=C)CC(=O)c1ccccc1. The summed E-state index contributed by atoms with van der Waals surface area (Å²) in [6.45, 7) is 9.54. The van der Waals surface area contributed by atoms with Crippen molar-refractivity contribution in [1.29, 1.82) is 0 Å². The molecule has 1 aromatic carbocycles. The van der Waals surface area contributed by atoms with Crippen molar-refractivity contribution in [2.24, 2.45) is 0 Å². The molecule has 0 aromatic heterocycles. The average molecular weight is 243 g/mol. The molecular weight excluding hydrogens is 222 g/mol. The zero-order chi connectivity index (χ0) is 13.2. The summed E-state index contributed by atoms with van der Waals surface area (Å²) in [4.78, 5) is 14.2. The van der Waals surface area contributed by atoms with E-state index in [1.165, 1.54) is 0 Å². The van der Waals surface area contributed by atoms with E-state index in [-0.39, 0.29) is 5.78 Å². The molecule has 1 rings (SSSR count). The molecule has 96 valence electrons. The van der Waals surface area contributed by atoms with E-state index in [9.17, 15) is 4.79 Å². The molecule has 0 radical (unpaired) electrons. The van der Waals surface area contributed by atoms with Crippen molar-refractivity contribution in [2.45, 2.75) is 12.8 Å². The van der Waals surface area contributed by atoms with Gasteiger partial charge in [0.1, 0.15) is 0 Å². The molecule has 1 aromatic rings. The number of hydrogen-bond donors (Lipinski definition) is 0. The van der Waals surface area contributed by atoms with E-state index in [4.69, 9.17) is 0 Å². The molecule has 0 heterocycles. The van der Waals surface area contributed by atoms with Gasteiger partial charge in [0.2, 0.25) is 0 Å². The van der Waals surface area contributed by atoms with Gasteiger partial charge in [0.15, 0.2) is 5.78 Å². The summed E-state index contributed by atoms with van der Waals surface area (Å²) in [6.07, 6.45) is 5.75. The van der Waals surface area contributed by atoms with Crippen LogP contribution in [0.1, 0.15) is 23.2 Å². The Morgan fingerprint density at radius 2 is 1.89 bits per heavy atom. The largest absolute Gasteiger partial charge is 0.293 e. The highest BCUT2D eigenvalue weighted by Crippen LogP contribution is 2.03. The lowest BCUT2D eigenvalue weighted by Gasteiger charge is -2.19. The van der Waals surface area contributed by atoms with Gasteiger partial charge in [-0.2, -0.15) is 0 Å². The van der Waals surface area contributed by atoms with Gasteiger partial charge in [-0.05, 0) is 19.4 Å². The number of carbonyl (C=O) groups is 1. The Balaban J connectivity index is 2.51. The summed E-state index contributed by atoms with van der Waals surface area (Å²) in [5.74, 6) is 0.163. The molecule has 0 spiro atoms. The van der Waals surface area contributed by atoms with Crippen molar-refractivity contribution >= 4 is 5.78 Å². The zero-order valence-corrected chi connectivity index (χ0v) is 10.8. The Morgan fingerprint density at radius 3 is 2.50 bits per heavy atom. The van der Waals surface area contributed by atoms with E-state index in [0.29, 0.717) is 6.54 Å². The molecule has 2 heteroatoms. The summed E-state index contributed by atoms with van der Waals surface area (Å²) in [5, 5.41) is 0. The number of allylic oxidation sites excluding steroid dienone is 1. The van der Waals surface area contributed by atoms with Crippen molar-refractivity contribution < 1.29 is 4.79 Å². The standard InChI is InChI=1S/C16H21NO/c1-3-5-9-13-17(12-4-2)14-16(18)15-10-7-6-8-11-15/h3-4,6-8,10-11H,1-2,5,9,12-14H2. The summed E-state index contributed by atoms with van der Waals surface area (Å²) < 4.78 is 0. The molecule has 0 saturated heterocycles. The van der Waals surface area contributed by atoms with Gasteiger partial charge in [0.05, 0.1) is 6.54 Å². The summed E-state index contributed by atoms with van der Waals surface area (Å²) in [6, 6.07) is 9.42. The Morgan fingerprint density at radius 1 is 1.17 bits per heavy atom. The van der Waals surface area contributed by atoms with Crippen LogP contribution in [-0.4, -0.2) is 30.3 Å². The van der Waals surface area contributed by atoms with Crippen molar-refractivity contribution in [3.05, 3.63) is 61.2 Å². The fourth-order valence-corrected chi connectivity index (χ4v) is 1.80. The third-order valence-electron chi connectivity index (χ3n) is 2.73. The molecule has 0 unspecified atom stereocenters. The zero-order valence-electron chi connectivity index (χ0n) is 10.8. The first kappa shape index (κ1) is 14.4. The predicted octanol–water partition coefficient (Wildman–Crippen LogP) is 3.32. The number of ketones is 1. The average Bonchev–Trinajstić information content (AvgIpc) is 2.40. The second kappa shape index (κ2) is 8.43. The molecule has 0 saturated carbocycles. The van der Waals surface area contributed by atoms with E-state index in [1.54, 1.807) is 0 Å². The van der Waals surface area contributed by atoms with Gasteiger partial charge in [0.25, 0.3) is 0 Å². The number of nitrogens with zero attached hydrogens (tertiary/aromatic N) is 1. The van der Waals surface area contributed by atoms with Gasteiger partial charge in [-0.25, -0.2) is 0 Å². The minimum absolute atomic E-state index is 0.163.